The molecule has 2 fully saturated rings. The predicted octanol–water partition coefficient (Wildman–Crippen LogP) is 2.82. The van der Waals surface area contributed by atoms with Crippen LogP contribution in [0.2, 0.25) is 0 Å². The van der Waals surface area contributed by atoms with Crippen molar-refractivity contribution >= 4 is 18.3 Å². The quantitative estimate of drug-likeness (QED) is 0.856. The number of benzene rings is 1. The van der Waals surface area contributed by atoms with Crippen molar-refractivity contribution < 1.29 is 9.53 Å². The molecule has 1 aromatic carbocycles. The number of pyridine rings is 1. The molecule has 2 heterocycles. The fourth-order valence-corrected chi connectivity index (χ4v) is 4.19. The number of fused-ring (bicyclic) bond motifs is 1. The Morgan fingerprint density at radius 2 is 2.04 bits per heavy atom. The summed E-state index contributed by atoms with van der Waals surface area (Å²) in [6, 6.07) is 11.9. The molecule has 4 rings (SSSR count). The molecule has 0 spiro atoms. The molecule has 1 saturated carbocycles. The molecule has 1 aliphatic carbocycles. The standard InChI is InChI=1S/C21H25N3O2.ClH/c22-20-7-6-17-12-24(13-19(17)20)21(25)10-15-3-1-5-18(9-15)26-14-16-4-2-8-23-11-16;/h1-5,8-9,11,17,19-20H,6-7,10,12-14,22H2;1H. The number of nitrogens with zero attached hydrogens (tertiary/aromatic N) is 2. The number of carbonyl (C=O) groups is 1. The summed E-state index contributed by atoms with van der Waals surface area (Å²) >= 11 is 0. The average Bonchev–Trinajstić information content (AvgIpc) is 3.24. The van der Waals surface area contributed by atoms with Gasteiger partial charge in [-0.2, -0.15) is 0 Å². The number of hydrogen-bond acceptors (Lipinski definition) is 4. The smallest absolute Gasteiger partial charge is 0.227 e. The van der Waals surface area contributed by atoms with E-state index in [-0.39, 0.29) is 24.4 Å². The lowest BCUT2D eigenvalue weighted by molar-refractivity contribution is -0.129. The fraction of sp³-hybridized carbons (Fsp3) is 0.429. The van der Waals surface area contributed by atoms with Gasteiger partial charge in [-0.05, 0) is 48.4 Å². The van der Waals surface area contributed by atoms with Gasteiger partial charge in [0.2, 0.25) is 5.91 Å². The van der Waals surface area contributed by atoms with E-state index >= 15 is 0 Å². The molecule has 5 nitrogen and oxygen atoms in total. The van der Waals surface area contributed by atoms with E-state index in [9.17, 15) is 4.79 Å². The molecule has 1 aromatic heterocycles. The Hall–Kier alpha value is -2.11. The molecule has 1 amide bonds. The summed E-state index contributed by atoms with van der Waals surface area (Å²) in [4.78, 5) is 18.8. The van der Waals surface area contributed by atoms with Crippen molar-refractivity contribution in [3.8, 4) is 5.75 Å². The van der Waals surface area contributed by atoms with Crippen molar-refractivity contribution in [2.24, 2.45) is 17.6 Å². The first-order chi connectivity index (χ1) is 12.7. The zero-order valence-corrected chi connectivity index (χ0v) is 16.1. The summed E-state index contributed by atoms with van der Waals surface area (Å²) in [5.74, 6) is 2.06. The molecule has 0 bridgehead atoms. The highest BCUT2D eigenvalue weighted by Gasteiger charge is 2.42. The van der Waals surface area contributed by atoms with Crippen LogP contribution in [0.1, 0.15) is 24.0 Å². The predicted molar refractivity (Wildman–Crippen MR) is 107 cm³/mol. The van der Waals surface area contributed by atoms with Crippen LogP contribution in [0.4, 0.5) is 0 Å². The van der Waals surface area contributed by atoms with Gasteiger partial charge in [0.05, 0.1) is 6.42 Å². The Balaban J connectivity index is 0.00000210. The second-order valence-electron chi connectivity index (χ2n) is 7.44. The molecular weight excluding hydrogens is 362 g/mol. The van der Waals surface area contributed by atoms with Crippen LogP contribution in [-0.4, -0.2) is 34.9 Å². The minimum atomic E-state index is 0. The first kappa shape index (κ1) is 19.6. The third kappa shape index (κ3) is 4.60. The van der Waals surface area contributed by atoms with E-state index in [0.717, 1.165) is 42.8 Å². The van der Waals surface area contributed by atoms with Crippen LogP contribution in [0.25, 0.3) is 0 Å². The van der Waals surface area contributed by atoms with Gasteiger partial charge in [-0.25, -0.2) is 0 Å². The van der Waals surface area contributed by atoms with Crippen LogP contribution in [0, 0.1) is 11.8 Å². The van der Waals surface area contributed by atoms with Crippen molar-refractivity contribution in [3.63, 3.8) is 0 Å². The van der Waals surface area contributed by atoms with Crippen LogP contribution in [-0.2, 0) is 17.8 Å². The minimum absolute atomic E-state index is 0. The van der Waals surface area contributed by atoms with Crippen LogP contribution in [0.3, 0.4) is 0 Å². The van der Waals surface area contributed by atoms with E-state index in [2.05, 4.69) is 4.98 Å². The summed E-state index contributed by atoms with van der Waals surface area (Å²) in [6.07, 6.45) is 6.22. The van der Waals surface area contributed by atoms with E-state index in [1.807, 2.05) is 41.3 Å². The Morgan fingerprint density at radius 1 is 1.19 bits per heavy atom. The van der Waals surface area contributed by atoms with Gasteiger partial charge in [0, 0.05) is 37.1 Å². The van der Waals surface area contributed by atoms with Crippen molar-refractivity contribution in [2.75, 3.05) is 13.1 Å². The molecule has 6 heteroatoms. The van der Waals surface area contributed by atoms with Crippen LogP contribution < -0.4 is 10.5 Å². The minimum Gasteiger partial charge on any atom is -0.489 e. The molecule has 1 aliphatic heterocycles. The maximum atomic E-state index is 12.7. The average molecular weight is 388 g/mol. The second kappa shape index (κ2) is 8.72. The van der Waals surface area contributed by atoms with Gasteiger partial charge in [-0.3, -0.25) is 9.78 Å². The normalized spacial score (nSPS) is 23.6. The fourth-order valence-electron chi connectivity index (χ4n) is 4.19. The summed E-state index contributed by atoms with van der Waals surface area (Å²) in [7, 11) is 0. The zero-order chi connectivity index (χ0) is 17.9. The van der Waals surface area contributed by atoms with E-state index < -0.39 is 0 Å². The SMILES string of the molecule is Cl.NC1CCC2CN(C(=O)Cc3cccc(OCc4cccnc4)c3)CC12. The van der Waals surface area contributed by atoms with E-state index in [1.165, 1.54) is 0 Å². The molecule has 3 unspecified atom stereocenters. The maximum Gasteiger partial charge on any atom is 0.227 e. The third-order valence-corrected chi connectivity index (χ3v) is 5.65. The van der Waals surface area contributed by atoms with E-state index in [4.69, 9.17) is 10.5 Å². The van der Waals surface area contributed by atoms with Gasteiger partial charge in [-0.15, -0.1) is 12.4 Å². The van der Waals surface area contributed by atoms with E-state index in [1.54, 1.807) is 12.4 Å². The van der Waals surface area contributed by atoms with Gasteiger partial charge >= 0.3 is 0 Å². The molecule has 144 valence electrons. The monoisotopic (exact) mass is 387 g/mol. The van der Waals surface area contributed by atoms with Crippen molar-refractivity contribution in [1.82, 2.24) is 9.88 Å². The molecule has 3 atom stereocenters. The van der Waals surface area contributed by atoms with Crippen molar-refractivity contribution in [3.05, 3.63) is 59.9 Å². The second-order valence-corrected chi connectivity index (χ2v) is 7.44. The van der Waals surface area contributed by atoms with Gasteiger partial charge in [0.25, 0.3) is 0 Å². The first-order valence-electron chi connectivity index (χ1n) is 9.33. The van der Waals surface area contributed by atoms with Gasteiger partial charge < -0.3 is 15.4 Å². The molecule has 2 N–H and O–H groups in total. The van der Waals surface area contributed by atoms with Gasteiger partial charge in [-0.1, -0.05) is 18.2 Å². The first-order valence-corrected chi connectivity index (χ1v) is 9.33. The highest BCUT2D eigenvalue weighted by molar-refractivity contribution is 5.85. The molecule has 0 radical (unpaired) electrons. The number of carbonyl (C=O) groups excluding carboxylic acids is 1. The summed E-state index contributed by atoms with van der Waals surface area (Å²) in [5.41, 5.74) is 8.19. The van der Waals surface area contributed by atoms with Crippen LogP contribution in [0.5, 0.6) is 5.75 Å². The van der Waals surface area contributed by atoms with Crippen LogP contribution in [0.15, 0.2) is 48.8 Å². The highest BCUT2D eigenvalue weighted by atomic mass is 35.5. The number of rotatable bonds is 5. The lowest BCUT2D eigenvalue weighted by atomic mass is 9.98. The Kier molecular flexibility index (Phi) is 6.34. The number of amides is 1. The van der Waals surface area contributed by atoms with Gasteiger partial charge in [0.15, 0.2) is 0 Å². The zero-order valence-electron chi connectivity index (χ0n) is 15.3. The number of halogens is 1. The lowest BCUT2D eigenvalue weighted by Gasteiger charge is -2.19. The molecule has 2 aromatic rings. The number of hydrogen-bond donors (Lipinski definition) is 1. The van der Waals surface area contributed by atoms with Crippen LogP contribution >= 0.6 is 12.4 Å². The summed E-state index contributed by atoms with van der Waals surface area (Å²) in [6.45, 7) is 2.16. The Morgan fingerprint density at radius 3 is 2.81 bits per heavy atom. The van der Waals surface area contributed by atoms with Gasteiger partial charge in [0.1, 0.15) is 12.4 Å². The number of likely N-dealkylation sites (tertiary alicyclic amines) is 1. The number of aromatic nitrogens is 1. The molecular formula is C21H26ClN3O2. The molecule has 1 saturated heterocycles. The molecule has 27 heavy (non-hydrogen) atoms. The summed E-state index contributed by atoms with van der Waals surface area (Å²) < 4.78 is 5.83. The molecule has 2 aliphatic rings. The van der Waals surface area contributed by atoms with Crippen molar-refractivity contribution in [1.29, 1.82) is 0 Å². The topological polar surface area (TPSA) is 68.5 Å². The Labute approximate surface area is 166 Å². The largest absolute Gasteiger partial charge is 0.489 e. The third-order valence-electron chi connectivity index (χ3n) is 5.65. The van der Waals surface area contributed by atoms with E-state index in [0.29, 0.717) is 24.9 Å². The number of nitrogens with two attached hydrogens (primary N) is 1. The maximum absolute atomic E-state index is 12.7. The summed E-state index contributed by atoms with van der Waals surface area (Å²) in [5, 5.41) is 0. The Bertz CT molecular complexity index is 771. The lowest BCUT2D eigenvalue weighted by Crippen LogP contribution is -2.34. The number of ether oxygens (including phenoxy) is 1. The highest BCUT2D eigenvalue weighted by Crippen LogP contribution is 2.37. The van der Waals surface area contributed by atoms with Crippen molar-refractivity contribution in [2.45, 2.75) is 31.9 Å².